The van der Waals surface area contributed by atoms with E-state index in [0.717, 1.165) is 32.1 Å². The number of ether oxygens (including phenoxy) is 2. The predicted molar refractivity (Wildman–Crippen MR) is 90.7 cm³/mol. The quantitative estimate of drug-likeness (QED) is 0.325. The summed E-state index contributed by atoms with van der Waals surface area (Å²) in [5.74, 6) is -0.110. The first-order valence-electron chi connectivity index (χ1n) is 8.16. The summed E-state index contributed by atoms with van der Waals surface area (Å²) in [7, 11) is 1.47. The number of hydrogen-bond donors (Lipinski definition) is 0. The minimum absolute atomic E-state index is 0.0359. The third-order valence-corrected chi connectivity index (χ3v) is 4.79. The van der Waals surface area contributed by atoms with Gasteiger partial charge in [0.1, 0.15) is 5.75 Å². The molecule has 0 aromatic heterocycles. The van der Waals surface area contributed by atoms with Gasteiger partial charge in [-0.3, -0.25) is 14.9 Å². The van der Waals surface area contributed by atoms with Crippen LogP contribution in [0.2, 0.25) is 0 Å². The number of nitrogens with zero attached hydrogens (tertiary/aromatic N) is 1. The maximum atomic E-state index is 11.8. The van der Waals surface area contributed by atoms with Crippen molar-refractivity contribution in [3.63, 3.8) is 0 Å². The second kappa shape index (κ2) is 8.33. The maximum absolute atomic E-state index is 11.8. The van der Waals surface area contributed by atoms with Crippen molar-refractivity contribution in [2.24, 2.45) is 0 Å². The van der Waals surface area contributed by atoms with E-state index < -0.39 is 16.3 Å². The molecule has 1 atom stereocenters. The number of carbonyl (C=O) groups is 1. The molecule has 0 radical (unpaired) electrons. The number of benzene rings is 1. The van der Waals surface area contributed by atoms with E-state index in [9.17, 15) is 14.9 Å². The summed E-state index contributed by atoms with van der Waals surface area (Å²) in [6.07, 6.45) is 5.05. The fourth-order valence-electron chi connectivity index (χ4n) is 3.25. The standard InChI is InChI=1S/C17H22ClNO5/c1-3-24-17(20)16(18)12-9-13(19(21)22)15(14(10-12)23-2)11-7-5-4-6-8-11/h9-11,16H,3-8H2,1-2H3. The lowest BCUT2D eigenvalue weighted by Crippen LogP contribution is -2.14. The van der Waals surface area contributed by atoms with Crippen molar-refractivity contribution in [1.82, 2.24) is 0 Å². The molecular formula is C17H22ClNO5. The van der Waals surface area contributed by atoms with Crippen LogP contribution in [0.5, 0.6) is 5.75 Å². The smallest absolute Gasteiger partial charge is 0.328 e. The number of nitro benzene ring substituents is 1. The summed E-state index contributed by atoms with van der Waals surface area (Å²) in [5.41, 5.74) is 0.892. The number of alkyl halides is 1. The van der Waals surface area contributed by atoms with E-state index in [1.165, 1.54) is 13.2 Å². The molecule has 1 aromatic carbocycles. The van der Waals surface area contributed by atoms with Crippen LogP contribution in [0.25, 0.3) is 0 Å². The van der Waals surface area contributed by atoms with Crippen molar-refractivity contribution >= 4 is 23.3 Å². The third kappa shape index (κ3) is 3.98. The van der Waals surface area contributed by atoms with Gasteiger partial charge in [-0.2, -0.15) is 0 Å². The molecule has 1 unspecified atom stereocenters. The second-order valence-electron chi connectivity index (χ2n) is 5.86. The number of esters is 1. The van der Waals surface area contributed by atoms with E-state index in [1.54, 1.807) is 13.0 Å². The first-order chi connectivity index (χ1) is 11.5. The van der Waals surface area contributed by atoms with Gasteiger partial charge in [-0.25, -0.2) is 0 Å². The summed E-state index contributed by atoms with van der Waals surface area (Å²) in [6, 6.07) is 2.99. The fourth-order valence-corrected chi connectivity index (χ4v) is 3.44. The Labute approximate surface area is 146 Å². The summed E-state index contributed by atoms with van der Waals surface area (Å²) in [5, 5.41) is 10.5. The van der Waals surface area contributed by atoms with Gasteiger partial charge in [0.05, 0.1) is 24.2 Å². The van der Waals surface area contributed by atoms with Gasteiger partial charge in [-0.15, -0.1) is 11.6 Å². The molecule has 0 spiro atoms. The number of hydrogen-bond acceptors (Lipinski definition) is 5. The zero-order valence-electron chi connectivity index (χ0n) is 13.9. The average molecular weight is 356 g/mol. The molecule has 6 nitrogen and oxygen atoms in total. The highest BCUT2D eigenvalue weighted by Crippen LogP contribution is 2.44. The molecule has 7 heteroatoms. The molecule has 2 rings (SSSR count). The zero-order valence-corrected chi connectivity index (χ0v) is 14.7. The Hall–Kier alpha value is -1.82. The Kier molecular flexibility index (Phi) is 6.43. The van der Waals surface area contributed by atoms with Gasteiger partial charge in [0, 0.05) is 6.07 Å². The number of carbonyl (C=O) groups excluding carboxylic acids is 1. The van der Waals surface area contributed by atoms with Gasteiger partial charge >= 0.3 is 5.97 Å². The molecule has 0 saturated heterocycles. The van der Waals surface area contributed by atoms with Crippen molar-refractivity contribution in [2.75, 3.05) is 13.7 Å². The maximum Gasteiger partial charge on any atom is 0.328 e. The first kappa shape index (κ1) is 18.5. The van der Waals surface area contributed by atoms with Crippen LogP contribution in [0.1, 0.15) is 61.4 Å². The molecule has 0 amide bonds. The molecule has 1 aliphatic rings. The molecule has 0 N–H and O–H groups in total. The van der Waals surface area contributed by atoms with E-state index in [4.69, 9.17) is 21.1 Å². The summed E-state index contributed by atoms with van der Waals surface area (Å²) in [4.78, 5) is 23.0. The van der Waals surface area contributed by atoms with Crippen molar-refractivity contribution in [1.29, 1.82) is 0 Å². The van der Waals surface area contributed by atoms with E-state index in [-0.39, 0.29) is 18.2 Å². The normalized spacial score (nSPS) is 16.5. The average Bonchev–Trinajstić information content (AvgIpc) is 2.60. The van der Waals surface area contributed by atoms with Crippen molar-refractivity contribution in [2.45, 2.75) is 50.3 Å². The third-order valence-electron chi connectivity index (χ3n) is 4.36. The molecule has 0 heterocycles. The molecule has 24 heavy (non-hydrogen) atoms. The van der Waals surface area contributed by atoms with Gasteiger partial charge in [0.15, 0.2) is 5.38 Å². The van der Waals surface area contributed by atoms with Crippen molar-refractivity contribution in [3.8, 4) is 5.75 Å². The van der Waals surface area contributed by atoms with E-state index in [2.05, 4.69) is 0 Å². The lowest BCUT2D eigenvalue weighted by Gasteiger charge is -2.24. The number of methoxy groups -OCH3 is 1. The Balaban J connectivity index is 2.48. The van der Waals surface area contributed by atoms with Crippen LogP contribution in [0, 0.1) is 10.1 Å². The van der Waals surface area contributed by atoms with Gasteiger partial charge in [-0.1, -0.05) is 19.3 Å². The van der Waals surface area contributed by atoms with Crippen LogP contribution < -0.4 is 4.74 Å². The highest BCUT2D eigenvalue weighted by atomic mass is 35.5. The fraction of sp³-hybridized carbons (Fsp3) is 0.588. The lowest BCUT2D eigenvalue weighted by atomic mass is 9.82. The predicted octanol–water partition coefficient (Wildman–Crippen LogP) is 4.49. The Morgan fingerprint density at radius 1 is 1.38 bits per heavy atom. The summed E-state index contributed by atoms with van der Waals surface area (Å²) in [6.45, 7) is 1.87. The molecule has 0 aliphatic heterocycles. The van der Waals surface area contributed by atoms with Crippen LogP contribution >= 0.6 is 11.6 Å². The Bertz CT molecular complexity index is 613. The van der Waals surface area contributed by atoms with Gasteiger partial charge < -0.3 is 9.47 Å². The molecule has 1 aliphatic carbocycles. The minimum atomic E-state index is -1.10. The number of halogens is 1. The van der Waals surface area contributed by atoms with Crippen LogP contribution in [0.3, 0.4) is 0 Å². The highest BCUT2D eigenvalue weighted by molar-refractivity contribution is 6.30. The van der Waals surface area contributed by atoms with Gasteiger partial charge in [0.25, 0.3) is 5.69 Å². The highest BCUT2D eigenvalue weighted by Gasteiger charge is 2.31. The van der Waals surface area contributed by atoms with E-state index >= 15 is 0 Å². The van der Waals surface area contributed by atoms with Crippen molar-refractivity contribution < 1.29 is 19.2 Å². The lowest BCUT2D eigenvalue weighted by molar-refractivity contribution is -0.385. The van der Waals surface area contributed by atoms with Gasteiger partial charge in [0.2, 0.25) is 0 Å². The van der Waals surface area contributed by atoms with Crippen LogP contribution in [-0.2, 0) is 9.53 Å². The van der Waals surface area contributed by atoms with E-state index in [1.807, 2.05) is 0 Å². The van der Waals surface area contributed by atoms with Crippen molar-refractivity contribution in [3.05, 3.63) is 33.4 Å². The van der Waals surface area contributed by atoms with Crippen LogP contribution in [0.4, 0.5) is 5.69 Å². The van der Waals surface area contributed by atoms with E-state index in [0.29, 0.717) is 16.9 Å². The molecule has 1 fully saturated rings. The Morgan fingerprint density at radius 3 is 2.58 bits per heavy atom. The van der Waals surface area contributed by atoms with Crippen LogP contribution in [-0.4, -0.2) is 24.6 Å². The first-order valence-corrected chi connectivity index (χ1v) is 8.60. The SMILES string of the molecule is CCOC(=O)C(Cl)c1cc(OC)c(C2CCCCC2)c([N+](=O)[O-])c1. The molecule has 1 saturated carbocycles. The Morgan fingerprint density at radius 2 is 2.04 bits per heavy atom. The molecule has 0 bridgehead atoms. The molecular weight excluding hydrogens is 334 g/mol. The second-order valence-corrected chi connectivity index (χ2v) is 6.30. The minimum Gasteiger partial charge on any atom is -0.496 e. The summed E-state index contributed by atoms with van der Waals surface area (Å²) < 4.78 is 10.3. The topological polar surface area (TPSA) is 78.7 Å². The molecule has 1 aromatic rings. The summed E-state index contributed by atoms with van der Waals surface area (Å²) >= 11 is 6.13. The van der Waals surface area contributed by atoms with Crippen LogP contribution in [0.15, 0.2) is 12.1 Å². The zero-order chi connectivity index (χ0) is 17.7. The van der Waals surface area contributed by atoms with Gasteiger partial charge in [-0.05, 0) is 37.3 Å². The molecule has 132 valence electrons. The number of nitro groups is 1. The number of rotatable bonds is 6. The largest absolute Gasteiger partial charge is 0.496 e. The monoisotopic (exact) mass is 355 g/mol.